The predicted molar refractivity (Wildman–Crippen MR) is 93.0 cm³/mol. The van der Waals surface area contributed by atoms with E-state index in [0.717, 1.165) is 15.5 Å². The Morgan fingerprint density at radius 3 is 2.45 bits per heavy atom. The molecule has 1 N–H and O–H groups in total. The van der Waals surface area contributed by atoms with E-state index in [9.17, 15) is 0 Å². The molecule has 0 saturated heterocycles. The van der Waals surface area contributed by atoms with Gasteiger partial charge in [0.15, 0.2) is 0 Å². The predicted octanol–water partition coefficient (Wildman–Crippen LogP) is 5.68. The maximum Gasteiger partial charge on any atom is 0.0320 e. The molecule has 2 aromatic carbocycles. The van der Waals surface area contributed by atoms with Gasteiger partial charge in [-0.25, -0.2) is 0 Å². The van der Waals surface area contributed by atoms with Gasteiger partial charge in [-0.2, -0.15) is 0 Å². The van der Waals surface area contributed by atoms with Gasteiger partial charge in [0.05, 0.1) is 0 Å². The molecule has 0 aliphatic heterocycles. The lowest BCUT2D eigenvalue weighted by molar-refractivity contribution is 0.572. The molecule has 0 aliphatic carbocycles. The van der Waals surface area contributed by atoms with Crippen molar-refractivity contribution < 1.29 is 0 Å². The Kier molecular flexibility index (Phi) is 5.42. The summed E-state index contributed by atoms with van der Waals surface area (Å²) in [5.41, 5.74) is 5.30. The van der Waals surface area contributed by atoms with Crippen LogP contribution >= 0.6 is 31.9 Å². The van der Waals surface area contributed by atoms with Crippen LogP contribution in [0.3, 0.4) is 0 Å². The van der Waals surface area contributed by atoms with E-state index < -0.39 is 0 Å². The maximum atomic E-state index is 3.59. The summed E-state index contributed by atoms with van der Waals surface area (Å²) in [5, 5.41) is 3.59. The molecule has 0 radical (unpaired) electrons. The molecule has 2 aromatic rings. The fraction of sp³-hybridized carbons (Fsp3) is 0.294. The third kappa shape index (κ3) is 3.94. The van der Waals surface area contributed by atoms with Crippen LogP contribution in [0.4, 0.5) is 0 Å². The highest BCUT2D eigenvalue weighted by atomic mass is 79.9. The fourth-order valence-corrected chi connectivity index (χ4v) is 2.93. The first-order chi connectivity index (χ1) is 9.47. The second kappa shape index (κ2) is 6.88. The van der Waals surface area contributed by atoms with E-state index in [4.69, 9.17) is 0 Å². The van der Waals surface area contributed by atoms with Crippen molar-refractivity contribution in [2.45, 2.75) is 33.4 Å². The number of hydrogen-bond acceptors (Lipinski definition) is 1. The summed E-state index contributed by atoms with van der Waals surface area (Å²) in [6.07, 6.45) is 0. The molecule has 0 amide bonds. The molecule has 0 aliphatic rings. The van der Waals surface area contributed by atoms with Crippen LogP contribution in [-0.4, -0.2) is 0 Å². The van der Waals surface area contributed by atoms with Gasteiger partial charge >= 0.3 is 0 Å². The maximum absolute atomic E-state index is 3.59. The Morgan fingerprint density at radius 1 is 1.00 bits per heavy atom. The third-order valence-corrected chi connectivity index (χ3v) is 5.38. The Labute approximate surface area is 138 Å². The summed E-state index contributed by atoms with van der Waals surface area (Å²) in [4.78, 5) is 0. The lowest BCUT2D eigenvalue weighted by Gasteiger charge is -2.17. The molecule has 1 atom stereocenters. The highest BCUT2D eigenvalue weighted by molar-refractivity contribution is 9.13. The van der Waals surface area contributed by atoms with E-state index in [0.29, 0.717) is 6.04 Å². The van der Waals surface area contributed by atoms with Gasteiger partial charge in [-0.15, -0.1) is 0 Å². The van der Waals surface area contributed by atoms with Crippen LogP contribution in [0, 0.1) is 13.8 Å². The van der Waals surface area contributed by atoms with Crippen LogP contribution in [0.2, 0.25) is 0 Å². The van der Waals surface area contributed by atoms with E-state index in [1.54, 1.807) is 0 Å². The number of nitrogens with one attached hydrogen (secondary N) is 1. The molecule has 20 heavy (non-hydrogen) atoms. The minimum Gasteiger partial charge on any atom is -0.306 e. The SMILES string of the molecule is Cc1ccc(C)c(C(C)NCc2ccc(Br)c(Br)c2)c1. The van der Waals surface area contributed by atoms with Crippen molar-refractivity contribution in [3.05, 3.63) is 67.6 Å². The first kappa shape index (κ1) is 15.7. The molecular formula is C17H19Br2N. The van der Waals surface area contributed by atoms with Gasteiger partial charge in [-0.3, -0.25) is 0 Å². The van der Waals surface area contributed by atoms with Crippen molar-refractivity contribution in [3.63, 3.8) is 0 Å². The highest BCUT2D eigenvalue weighted by Gasteiger charge is 2.08. The van der Waals surface area contributed by atoms with Crippen molar-refractivity contribution >= 4 is 31.9 Å². The second-order valence-corrected chi connectivity index (χ2v) is 6.92. The summed E-state index contributed by atoms with van der Waals surface area (Å²) >= 11 is 7.04. The quantitative estimate of drug-likeness (QED) is 0.700. The zero-order chi connectivity index (χ0) is 14.7. The van der Waals surface area contributed by atoms with Crippen LogP contribution in [0.15, 0.2) is 45.3 Å². The van der Waals surface area contributed by atoms with Crippen LogP contribution < -0.4 is 5.32 Å². The summed E-state index contributed by atoms with van der Waals surface area (Å²) in [5.74, 6) is 0. The average Bonchev–Trinajstić information content (AvgIpc) is 2.42. The third-order valence-electron chi connectivity index (χ3n) is 3.50. The number of aryl methyl sites for hydroxylation is 2. The molecule has 1 unspecified atom stereocenters. The van der Waals surface area contributed by atoms with Crippen LogP contribution in [0.5, 0.6) is 0 Å². The monoisotopic (exact) mass is 395 g/mol. The van der Waals surface area contributed by atoms with Crippen molar-refractivity contribution in [1.82, 2.24) is 5.32 Å². The number of rotatable bonds is 4. The Morgan fingerprint density at radius 2 is 1.75 bits per heavy atom. The lowest BCUT2D eigenvalue weighted by atomic mass is 10.00. The van der Waals surface area contributed by atoms with Crippen LogP contribution in [0.25, 0.3) is 0 Å². The Hall–Kier alpha value is -0.640. The van der Waals surface area contributed by atoms with Crippen LogP contribution in [0.1, 0.15) is 35.2 Å². The fourth-order valence-electron chi connectivity index (χ4n) is 2.26. The largest absolute Gasteiger partial charge is 0.306 e. The van der Waals surface area contributed by atoms with Gasteiger partial charge in [0.2, 0.25) is 0 Å². The van der Waals surface area contributed by atoms with E-state index in [-0.39, 0.29) is 0 Å². The van der Waals surface area contributed by atoms with Crippen molar-refractivity contribution in [3.8, 4) is 0 Å². The number of halogens is 2. The first-order valence-corrected chi connectivity index (χ1v) is 8.30. The van der Waals surface area contributed by atoms with Gasteiger partial charge in [0.25, 0.3) is 0 Å². The average molecular weight is 397 g/mol. The molecule has 0 spiro atoms. The van der Waals surface area contributed by atoms with Gasteiger partial charge in [-0.1, -0.05) is 29.8 Å². The standard InChI is InChI=1S/C17H19Br2N/c1-11-4-5-12(2)15(8-11)13(3)20-10-14-6-7-16(18)17(19)9-14/h4-9,13,20H,10H2,1-3H3. The number of benzene rings is 2. The van der Waals surface area contributed by atoms with Gasteiger partial charge in [-0.05, 0) is 81.5 Å². The lowest BCUT2D eigenvalue weighted by Crippen LogP contribution is -2.19. The highest BCUT2D eigenvalue weighted by Crippen LogP contribution is 2.24. The van der Waals surface area contributed by atoms with Crippen molar-refractivity contribution in [1.29, 1.82) is 0 Å². The van der Waals surface area contributed by atoms with Crippen molar-refractivity contribution in [2.75, 3.05) is 0 Å². The molecule has 0 aromatic heterocycles. The smallest absolute Gasteiger partial charge is 0.0320 e. The molecule has 0 bridgehead atoms. The molecule has 106 valence electrons. The van der Waals surface area contributed by atoms with Crippen LogP contribution in [-0.2, 0) is 6.54 Å². The van der Waals surface area contributed by atoms with Crippen molar-refractivity contribution in [2.24, 2.45) is 0 Å². The summed E-state index contributed by atoms with van der Waals surface area (Å²) in [7, 11) is 0. The van der Waals surface area contributed by atoms with E-state index in [1.165, 1.54) is 22.3 Å². The Bertz CT molecular complexity index is 608. The summed E-state index contributed by atoms with van der Waals surface area (Å²) in [6, 6.07) is 13.3. The topological polar surface area (TPSA) is 12.0 Å². The van der Waals surface area contributed by atoms with Gasteiger partial charge in [0.1, 0.15) is 0 Å². The first-order valence-electron chi connectivity index (χ1n) is 6.72. The minimum absolute atomic E-state index is 0.345. The van der Waals surface area contributed by atoms with E-state index >= 15 is 0 Å². The molecule has 0 heterocycles. The van der Waals surface area contributed by atoms with E-state index in [2.05, 4.69) is 94.3 Å². The van der Waals surface area contributed by atoms with Gasteiger partial charge in [0, 0.05) is 21.5 Å². The molecule has 2 rings (SSSR count). The van der Waals surface area contributed by atoms with Gasteiger partial charge < -0.3 is 5.32 Å². The molecule has 0 saturated carbocycles. The second-order valence-electron chi connectivity index (χ2n) is 5.21. The molecule has 0 fully saturated rings. The normalized spacial score (nSPS) is 12.4. The minimum atomic E-state index is 0.345. The zero-order valence-electron chi connectivity index (χ0n) is 12.0. The van der Waals surface area contributed by atoms with E-state index in [1.807, 2.05) is 0 Å². The molecule has 3 heteroatoms. The molecular weight excluding hydrogens is 378 g/mol. The zero-order valence-corrected chi connectivity index (χ0v) is 15.2. The summed E-state index contributed by atoms with van der Waals surface area (Å²) in [6.45, 7) is 7.39. The summed E-state index contributed by atoms with van der Waals surface area (Å²) < 4.78 is 2.18. The molecule has 1 nitrogen and oxygen atoms in total. The number of hydrogen-bond donors (Lipinski definition) is 1. The Balaban J connectivity index is 2.06.